The van der Waals surface area contributed by atoms with E-state index < -0.39 is 37.4 Å². The summed E-state index contributed by atoms with van der Waals surface area (Å²) in [7, 11) is 0.466. The fraction of sp³-hybridized carbons (Fsp3) is 0.692. The Morgan fingerprint density at radius 2 is 1.71 bits per heavy atom. The average Bonchev–Trinajstić information content (AvgIpc) is 2.89. The van der Waals surface area contributed by atoms with Gasteiger partial charge in [-0.15, -0.1) is 0 Å². The molecule has 1 N–H and O–H groups in total. The van der Waals surface area contributed by atoms with Crippen molar-refractivity contribution in [3.05, 3.63) is 29.8 Å². The number of esters is 1. The summed E-state index contributed by atoms with van der Waals surface area (Å²) < 4.78 is 17.5. The largest absolute Gasteiger partial charge is 0.497 e. The van der Waals surface area contributed by atoms with Crippen LogP contribution >= 0.6 is 0 Å². The summed E-state index contributed by atoms with van der Waals surface area (Å²) in [4.78, 5) is 28.9. The van der Waals surface area contributed by atoms with E-state index >= 15 is 0 Å². The molecule has 0 radical (unpaired) electrons. The van der Waals surface area contributed by atoms with Crippen LogP contribution in [0.2, 0.25) is 18.1 Å². The normalized spacial score (nSPS) is 26.7. The minimum Gasteiger partial charge on any atom is -0.497 e. The van der Waals surface area contributed by atoms with Crippen LogP contribution in [0.4, 0.5) is 0 Å². The number of benzene rings is 1. The van der Waals surface area contributed by atoms with Crippen molar-refractivity contribution in [3.63, 3.8) is 0 Å². The number of likely N-dealkylation sites (tertiary alicyclic amines) is 1. The maximum atomic E-state index is 13.8. The van der Waals surface area contributed by atoms with Crippen LogP contribution in [0.3, 0.4) is 0 Å². The minimum absolute atomic E-state index is 0.127. The van der Waals surface area contributed by atoms with Gasteiger partial charge in [-0.1, -0.05) is 53.7 Å². The number of carbonyl (C=O) groups excluding carboxylic acids is 2. The highest BCUT2D eigenvalue weighted by molar-refractivity contribution is 6.74. The van der Waals surface area contributed by atoms with E-state index in [-0.39, 0.29) is 23.4 Å². The van der Waals surface area contributed by atoms with E-state index in [0.717, 1.165) is 5.56 Å². The third-order valence-electron chi connectivity index (χ3n) is 7.92. The highest BCUT2D eigenvalue weighted by Crippen LogP contribution is 2.51. The topological polar surface area (TPSA) is 85.3 Å². The second-order valence-corrected chi connectivity index (χ2v) is 16.2. The molecule has 1 heterocycles. The molecular weight excluding hydrogens is 450 g/mol. The van der Waals surface area contributed by atoms with Crippen LogP contribution in [-0.2, 0) is 25.3 Å². The summed E-state index contributed by atoms with van der Waals surface area (Å²) in [5.41, 5.74) is -2.63. The molecule has 0 bridgehead atoms. The molecular formula is C26H43NO6Si. The fourth-order valence-electron chi connectivity index (χ4n) is 4.60. The zero-order valence-corrected chi connectivity index (χ0v) is 23.7. The van der Waals surface area contributed by atoms with Crippen molar-refractivity contribution in [1.82, 2.24) is 4.90 Å². The van der Waals surface area contributed by atoms with Gasteiger partial charge in [0.1, 0.15) is 11.4 Å². The second-order valence-electron chi connectivity index (χ2n) is 11.4. The number of ether oxygens (including phenoxy) is 2. The van der Waals surface area contributed by atoms with Gasteiger partial charge in [0.2, 0.25) is 5.91 Å². The van der Waals surface area contributed by atoms with Crippen LogP contribution in [0.15, 0.2) is 24.3 Å². The van der Waals surface area contributed by atoms with Crippen molar-refractivity contribution in [2.45, 2.75) is 90.4 Å². The molecule has 1 saturated heterocycles. The highest BCUT2D eigenvalue weighted by atomic mass is 28.4. The molecule has 1 amide bonds. The number of aliphatic hydroxyl groups is 1. The molecule has 0 unspecified atom stereocenters. The van der Waals surface area contributed by atoms with E-state index in [9.17, 15) is 14.7 Å². The summed E-state index contributed by atoms with van der Waals surface area (Å²) in [5.74, 6) is -1.29. The number of carbonyl (C=O) groups is 2. The number of hydrogen-bond acceptors (Lipinski definition) is 6. The first-order valence-corrected chi connectivity index (χ1v) is 14.8. The van der Waals surface area contributed by atoms with Crippen molar-refractivity contribution < 1.29 is 28.6 Å². The standard InChI is InChI=1S/C26H43NO6Si/c1-17(2)21(33-34(10,11)24(4,5)6)26(23(29)32-9)25(7,30)18(3)22(28)27(26)16-19-12-14-20(31-8)15-13-19/h12-15,17-18,21,30H,16H2,1-11H3/t18-,21+,25+,26-/m1/s1. The molecule has 34 heavy (non-hydrogen) atoms. The summed E-state index contributed by atoms with van der Waals surface area (Å²) >= 11 is 0. The monoisotopic (exact) mass is 493 g/mol. The van der Waals surface area contributed by atoms with Gasteiger partial charge in [-0.2, -0.15) is 0 Å². The van der Waals surface area contributed by atoms with Crippen molar-refractivity contribution in [3.8, 4) is 5.75 Å². The molecule has 0 aromatic heterocycles. The molecule has 1 aromatic rings. The number of rotatable bonds is 8. The molecule has 8 heteroatoms. The Morgan fingerprint density at radius 3 is 2.12 bits per heavy atom. The Kier molecular flexibility index (Phi) is 8.02. The van der Waals surface area contributed by atoms with Crippen LogP contribution < -0.4 is 4.74 Å². The lowest BCUT2D eigenvalue weighted by molar-refractivity contribution is -0.188. The maximum Gasteiger partial charge on any atom is 0.337 e. The molecule has 0 spiro atoms. The van der Waals surface area contributed by atoms with E-state index in [1.54, 1.807) is 21.0 Å². The number of amides is 1. The summed E-state index contributed by atoms with van der Waals surface area (Å²) in [6.07, 6.45) is -0.775. The SMILES string of the molecule is COC(=O)[C@@]1([C@@H](O[Si](C)(C)C(C)(C)C)C(C)C)N(Cc2ccc(OC)cc2)C(=O)[C@@H](C)[C@]1(C)O. The molecule has 192 valence electrons. The summed E-state index contributed by atoms with van der Waals surface area (Å²) in [6.45, 7) is 17.8. The zero-order valence-electron chi connectivity index (χ0n) is 22.7. The van der Waals surface area contributed by atoms with Gasteiger partial charge in [0.15, 0.2) is 13.9 Å². The van der Waals surface area contributed by atoms with Crippen LogP contribution in [0.5, 0.6) is 5.75 Å². The van der Waals surface area contributed by atoms with E-state index in [0.29, 0.717) is 5.75 Å². The smallest absolute Gasteiger partial charge is 0.337 e. The van der Waals surface area contributed by atoms with Crippen LogP contribution in [0.25, 0.3) is 0 Å². The molecule has 0 aliphatic carbocycles. The third-order valence-corrected chi connectivity index (χ3v) is 12.4. The molecule has 1 aliphatic rings. The van der Waals surface area contributed by atoms with Gasteiger partial charge >= 0.3 is 5.97 Å². The lowest BCUT2D eigenvalue weighted by Crippen LogP contribution is -2.72. The van der Waals surface area contributed by atoms with Gasteiger partial charge in [0.25, 0.3) is 0 Å². The quantitative estimate of drug-likeness (QED) is 0.427. The highest BCUT2D eigenvalue weighted by Gasteiger charge is 2.73. The molecule has 7 nitrogen and oxygen atoms in total. The van der Waals surface area contributed by atoms with E-state index in [1.807, 2.05) is 38.1 Å². The first kappa shape index (κ1) is 28.3. The average molecular weight is 494 g/mol. The maximum absolute atomic E-state index is 13.8. The fourth-order valence-corrected chi connectivity index (χ4v) is 6.03. The van der Waals surface area contributed by atoms with Gasteiger partial charge in [0.05, 0.1) is 26.2 Å². The van der Waals surface area contributed by atoms with Crippen LogP contribution in [0, 0.1) is 11.8 Å². The molecule has 4 atom stereocenters. The Hall–Kier alpha value is -1.90. The summed E-state index contributed by atoms with van der Waals surface area (Å²) in [6, 6.07) is 7.32. The van der Waals surface area contributed by atoms with Crippen molar-refractivity contribution in [1.29, 1.82) is 0 Å². The molecule has 2 rings (SSSR count). The van der Waals surface area contributed by atoms with Crippen LogP contribution in [0.1, 0.15) is 54.0 Å². The second kappa shape index (κ2) is 9.63. The van der Waals surface area contributed by atoms with Gasteiger partial charge in [-0.05, 0) is 48.7 Å². The Labute approximate surface area is 205 Å². The van der Waals surface area contributed by atoms with E-state index in [4.69, 9.17) is 13.9 Å². The van der Waals surface area contributed by atoms with E-state index in [1.165, 1.54) is 12.0 Å². The molecule has 0 saturated carbocycles. The number of hydrogen-bond donors (Lipinski definition) is 1. The minimum atomic E-state index is -2.42. The molecule has 1 fully saturated rings. The van der Waals surface area contributed by atoms with E-state index in [2.05, 4.69) is 33.9 Å². The van der Waals surface area contributed by atoms with Gasteiger partial charge in [-0.25, -0.2) is 4.79 Å². The van der Waals surface area contributed by atoms with Gasteiger partial charge in [0, 0.05) is 6.54 Å². The third kappa shape index (κ3) is 4.52. The Balaban J connectivity index is 2.77. The lowest BCUT2D eigenvalue weighted by Gasteiger charge is -2.52. The Bertz CT molecular complexity index is 890. The first-order valence-electron chi connectivity index (χ1n) is 11.9. The van der Waals surface area contributed by atoms with Gasteiger partial charge in [-0.3, -0.25) is 4.79 Å². The number of methoxy groups -OCH3 is 2. The predicted molar refractivity (Wildman–Crippen MR) is 135 cm³/mol. The zero-order chi connectivity index (χ0) is 26.3. The number of nitrogens with zero attached hydrogens (tertiary/aromatic N) is 1. The molecule has 1 aromatic carbocycles. The van der Waals surface area contributed by atoms with Gasteiger partial charge < -0.3 is 23.9 Å². The van der Waals surface area contributed by atoms with Crippen molar-refractivity contribution in [2.24, 2.45) is 11.8 Å². The first-order chi connectivity index (χ1) is 15.5. The molecule has 1 aliphatic heterocycles. The Morgan fingerprint density at radius 1 is 1.18 bits per heavy atom. The summed E-state index contributed by atoms with van der Waals surface area (Å²) in [5, 5.41) is 11.8. The van der Waals surface area contributed by atoms with Crippen LogP contribution in [-0.4, -0.2) is 61.7 Å². The van der Waals surface area contributed by atoms with Crippen molar-refractivity contribution in [2.75, 3.05) is 14.2 Å². The predicted octanol–water partition coefficient (Wildman–Crippen LogP) is 4.38. The van der Waals surface area contributed by atoms with Crippen molar-refractivity contribution >= 4 is 20.2 Å². The lowest BCUT2D eigenvalue weighted by atomic mass is 9.70.